The van der Waals surface area contributed by atoms with Gasteiger partial charge in [-0.3, -0.25) is 4.79 Å². The number of benzene rings is 1. The summed E-state index contributed by atoms with van der Waals surface area (Å²) in [6, 6.07) is 1.91. The molecule has 2 heterocycles. The molecule has 90 valence electrons. The summed E-state index contributed by atoms with van der Waals surface area (Å²) in [5, 5.41) is 0.601. The Morgan fingerprint density at radius 3 is 3.18 bits per heavy atom. The highest BCUT2D eigenvalue weighted by atomic mass is 35.5. The number of Topliss-reactive ketones (excluding diaryl/α,β-unsaturated/α-hetero) is 1. The summed E-state index contributed by atoms with van der Waals surface area (Å²) in [5.41, 5.74) is 2.87. The second-order valence-corrected chi connectivity index (χ2v) is 6.02. The first-order valence-electron chi connectivity index (χ1n) is 5.77. The van der Waals surface area contributed by atoms with E-state index >= 15 is 0 Å². The van der Waals surface area contributed by atoms with Gasteiger partial charge in [0.2, 0.25) is 0 Å². The van der Waals surface area contributed by atoms with Gasteiger partial charge < -0.3 is 4.74 Å². The van der Waals surface area contributed by atoms with Crippen molar-refractivity contribution in [1.82, 2.24) is 0 Å². The Bertz CT molecular complexity index is 499. The molecule has 0 spiro atoms. The molecule has 4 heteroatoms. The molecule has 3 rings (SSSR count). The van der Waals surface area contributed by atoms with Crippen LogP contribution >= 0.6 is 23.4 Å². The van der Waals surface area contributed by atoms with Gasteiger partial charge in [-0.05, 0) is 11.6 Å². The Balaban J connectivity index is 2.23. The lowest BCUT2D eigenvalue weighted by Gasteiger charge is -2.13. The number of ether oxygens (including phenoxy) is 1. The Morgan fingerprint density at radius 2 is 2.35 bits per heavy atom. The van der Waals surface area contributed by atoms with E-state index in [0.29, 0.717) is 17.2 Å². The first kappa shape index (κ1) is 11.4. The molecule has 2 aliphatic heterocycles. The van der Waals surface area contributed by atoms with E-state index < -0.39 is 0 Å². The molecule has 2 aliphatic rings. The number of halogens is 1. The third-order valence-corrected chi connectivity index (χ3v) is 4.86. The van der Waals surface area contributed by atoms with Crippen molar-refractivity contribution in [3.8, 4) is 5.75 Å². The minimum Gasteiger partial charge on any atom is -0.493 e. The first-order valence-corrected chi connectivity index (χ1v) is 7.30. The van der Waals surface area contributed by atoms with Crippen molar-refractivity contribution in [3.05, 3.63) is 27.8 Å². The van der Waals surface area contributed by atoms with Gasteiger partial charge in [0.05, 0.1) is 11.6 Å². The van der Waals surface area contributed by atoms with E-state index in [2.05, 4.69) is 0 Å². The van der Waals surface area contributed by atoms with Crippen LogP contribution in [0.15, 0.2) is 6.07 Å². The van der Waals surface area contributed by atoms with Crippen molar-refractivity contribution in [1.29, 1.82) is 0 Å². The van der Waals surface area contributed by atoms with E-state index in [1.165, 1.54) is 0 Å². The lowest BCUT2D eigenvalue weighted by Crippen LogP contribution is -2.13. The predicted molar refractivity (Wildman–Crippen MR) is 70.3 cm³/mol. The fourth-order valence-corrected chi connectivity index (χ4v) is 3.88. The van der Waals surface area contributed by atoms with Crippen LogP contribution in [0.4, 0.5) is 0 Å². The largest absolute Gasteiger partial charge is 0.493 e. The summed E-state index contributed by atoms with van der Waals surface area (Å²) in [4.78, 5) is 12.3. The molecule has 2 nitrogen and oxygen atoms in total. The number of carbonyl (C=O) groups excluding carboxylic acids is 1. The van der Waals surface area contributed by atoms with Crippen LogP contribution in [-0.4, -0.2) is 18.1 Å². The summed E-state index contributed by atoms with van der Waals surface area (Å²) in [7, 11) is 0. The van der Waals surface area contributed by atoms with Crippen LogP contribution in [-0.2, 0) is 12.2 Å². The second-order valence-electron chi connectivity index (χ2n) is 4.58. The molecule has 0 fully saturated rings. The molecular formula is C13H13ClO2S. The van der Waals surface area contributed by atoms with Crippen molar-refractivity contribution < 1.29 is 9.53 Å². The van der Waals surface area contributed by atoms with Gasteiger partial charge in [-0.1, -0.05) is 18.5 Å². The SMILES string of the molecule is CC1CSCc2c3c(cc(Cl)c2C1=O)CCO3. The molecule has 1 aromatic carbocycles. The molecule has 0 amide bonds. The lowest BCUT2D eigenvalue weighted by atomic mass is 9.94. The van der Waals surface area contributed by atoms with Crippen LogP contribution in [0, 0.1) is 5.92 Å². The minimum absolute atomic E-state index is 0.0400. The van der Waals surface area contributed by atoms with E-state index in [1.54, 1.807) is 11.8 Å². The smallest absolute Gasteiger partial charge is 0.168 e. The van der Waals surface area contributed by atoms with Crippen molar-refractivity contribution in [2.75, 3.05) is 12.4 Å². The molecule has 0 bridgehead atoms. The fourth-order valence-electron chi connectivity index (χ4n) is 2.43. The Kier molecular flexibility index (Phi) is 2.83. The molecule has 17 heavy (non-hydrogen) atoms. The molecule has 0 saturated heterocycles. The Labute approximate surface area is 110 Å². The van der Waals surface area contributed by atoms with Gasteiger partial charge in [0, 0.05) is 35.0 Å². The summed E-state index contributed by atoms with van der Waals surface area (Å²) < 4.78 is 5.67. The zero-order valence-electron chi connectivity index (χ0n) is 9.59. The maximum atomic E-state index is 12.3. The summed E-state index contributed by atoms with van der Waals surface area (Å²) >= 11 is 8.06. The van der Waals surface area contributed by atoms with E-state index in [9.17, 15) is 4.79 Å². The quantitative estimate of drug-likeness (QED) is 0.722. The zero-order chi connectivity index (χ0) is 12.0. The zero-order valence-corrected chi connectivity index (χ0v) is 11.2. The highest BCUT2D eigenvalue weighted by Gasteiger charge is 2.30. The van der Waals surface area contributed by atoms with Gasteiger partial charge in [-0.15, -0.1) is 0 Å². The molecule has 1 unspecified atom stereocenters. The number of thioether (sulfide) groups is 1. The minimum atomic E-state index is 0.0400. The van der Waals surface area contributed by atoms with Gasteiger partial charge in [0.15, 0.2) is 5.78 Å². The van der Waals surface area contributed by atoms with Gasteiger partial charge in [-0.25, -0.2) is 0 Å². The van der Waals surface area contributed by atoms with Gasteiger partial charge in [0.1, 0.15) is 5.75 Å². The van der Waals surface area contributed by atoms with Gasteiger partial charge >= 0.3 is 0 Å². The second kappa shape index (κ2) is 4.21. The third-order valence-electron chi connectivity index (χ3n) is 3.33. The maximum absolute atomic E-state index is 12.3. The maximum Gasteiger partial charge on any atom is 0.168 e. The average Bonchev–Trinajstić information content (AvgIpc) is 2.69. The van der Waals surface area contributed by atoms with Crippen LogP contribution in [0.5, 0.6) is 5.75 Å². The van der Waals surface area contributed by atoms with Crippen molar-refractivity contribution in [2.45, 2.75) is 19.1 Å². The van der Waals surface area contributed by atoms with E-state index in [1.807, 2.05) is 13.0 Å². The van der Waals surface area contributed by atoms with Crippen molar-refractivity contribution in [3.63, 3.8) is 0 Å². The first-order chi connectivity index (χ1) is 8.18. The normalized spacial score (nSPS) is 22.7. The molecule has 0 aliphatic carbocycles. The number of hydrogen-bond acceptors (Lipinski definition) is 3. The summed E-state index contributed by atoms with van der Waals surface area (Å²) in [6.07, 6.45) is 0.900. The molecule has 0 saturated carbocycles. The highest BCUT2D eigenvalue weighted by Crippen LogP contribution is 2.41. The van der Waals surface area contributed by atoms with Gasteiger partial charge in [0.25, 0.3) is 0 Å². The van der Waals surface area contributed by atoms with Crippen molar-refractivity contribution >= 4 is 29.1 Å². The van der Waals surface area contributed by atoms with E-state index in [0.717, 1.165) is 34.8 Å². The number of hydrogen-bond donors (Lipinski definition) is 0. The number of carbonyl (C=O) groups is 1. The number of rotatable bonds is 0. The molecule has 1 aromatic rings. The number of fused-ring (bicyclic) bond motifs is 3. The molecular weight excluding hydrogens is 256 g/mol. The molecule has 1 atom stereocenters. The van der Waals surface area contributed by atoms with Crippen LogP contribution in [0.1, 0.15) is 28.4 Å². The van der Waals surface area contributed by atoms with Gasteiger partial charge in [-0.2, -0.15) is 11.8 Å². The van der Waals surface area contributed by atoms with Crippen LogP contribution < -0.4 is 4.74 Å². The summed E-state index contributed by atoms with van der Waals surface area (Å²) in [5.74, 6) is 2.80. The van der Waals surface area contributed by atoms with Crippen molar-refractivity contribution in [2.24, 2.45) is 5.92 Å². The Hall–Kier alpha value is -0.670. The molecule has 0 N–H and O–H groups in total. The lowest BCUT2D eigenvalue weighted by molar-refractivity contribution is 0.0942. The highest BCUT2D eigenvalue weighted by molar-refractivity contribution is 7.98. The predicted octanol–water partition coefficient (Wildman–Crippen LogP) is 3.34. The monoisotopic (exact) mass is 268 g/mol. The number of ketones is 1. The third kappa shape index (κ3) is 1.76. The average molecular weight is 269 g/mol. The molecule has 0 aromatic heterocycles. The fraction of sp³-hybridized carbons (Fsp3) is 0.462. The topological polar surface area (TPSA) is 26.3 Å². The summed E-state index contributed by atoms with van der Waals surface area (Å²) in [6.45, 7) is 2.67. The standard InChI is InChI=1S/C13H13ClO2S/c1-7-5-17-6-9-11(12(7)15)10(14)4-8-2-3-16-13(8)9/h4,7H,2-3,5-6H2,1H3. The Morgan fingerprint density at radius 1 is 1.53 bits per heavy atom. The van der Waals surface area contributed by atoms with Crippen LogP contribution in [0.25, 0.3) is 0 Å². The van der Waals surface area contributed by atoms with Crippen LogP contribution in [0.3, 0.4) is 0 Å². The molecule has 0 radical (unpaired) electrons. The van der Waals surface area contributed by atoms with Crippen LogP contribution in [0.2, 0.25) is 5.02 Å². The van der Waals surface area contributed by atoms with E-state index in [4.69, 9.17) is 16.3 Å². The van der Waals surface area contributed by atoms with E-state index in [-0.39, 0.29) is 11.7 Å².